The van der Waals surface area contributed by atoms with Gasteiger partial charge in [-0.05, 0) is 31.5 Å². The molecule has 1 atom stereocenters. The molecule has 0 unspecified atom stereocenters. The Labute approximate surface area is 106 Å². The lowest BCUT2D eigenvalue weighted by molar-refractivity contribution is -0.118. The Hall–Kier alpha value is -1.62. The number of amides is 1. The van der Waals surface area contributed by atoms with E-state index in [0.717, 1.165) is 25.8 Å². The van der Waals surface area contributed by atoms with Crippen LogP contribution in [0.4, 0.5) is 10.1 Å². The molecule has 0 aliphatic carbocycles. The number of piperidine rings is 1. The maximum atomic E-state index is 13.0. The first-order valence-electron chi connectivity index (χ1n) is 6.08. The molecule has 18 heavy (non-hydrogen) atoms. The van der Waals surface area contributed by atoms with Crippen molar-refractivity contribution in [2.75, 3.05) is 19.0 Å². The van der Waals surface area contributed by atoms with Crippen molar-refractivity contribution in [3.8, 4) is 5.75 Å². The molecule has 1 amide bonds. The first-order valence-corrected chi connectivity index (χ1v) is 6.08. The predicted octanol–water partition coefficient (Wildman–Crippen LogP) is 1.91. The number of nitrogens with one attached hydrogen (secondary N) is 2. The van der Waals surface area contributed by atoms with Gasteiger partial charge in [0.05, 0.1) is 18.8 Å². The summed E-state index contributed by atoms with van der Waals surface area (Å²) < 4.78 is 18.1. The summed E-state index contributed by atoms with van der Waals surface area (Å²) >= 11 is 0. The number of rotatable bonds is 3. The number of hydrogen-bond acceptors (Lipinski definition) is 3. The molecule has 1 heterocycles. The summed E-state index contributed by atoms with van der Waals surface area (Å²) in [7, 11) is 1.45. The third-order valence-electron chi connectivity index (χ3n) is 3.05. The zero-order valence-corrected chi connectivity index (χ0v) is 10.3. The van der Waals surface area contributed by atoms with Gasteiger partial charge in [-0.2, -0.15) is 0 Å². The van der Waals surface area contributed by atoms with Crippen molar-refractivity contribution < 1.29 is 13.9 Å². The highest BCUT2D eigenvalue weighted by Crippen LogP contribution is 2.25. The minimum Gasteiger partial charge on any atom is -0.494 e. The van der Waals surface area contributed by atoms with Gasteiger partial charge in [-0.15, -0.1) is 0 Å². The van der Waals surface area contributed by atoms with E-state index >= 15 is 0 Å². The fourth-order valence-corrected chi connectivity index (χ4v) is 2.06. The fraction of sp³-hybridized carbons (Fsp3) is 0.462. The van der Waals surface area contributed by atoms with Crippen molar-refractivity contribution in [1.29, 1.82) is 0 Å². The van der Waals surface area contributed by atoms with E-state index in [-0.39, 0.29) is 17.8 Å². The van der Waals surface area contributed by atoms with E-state index < -0.39 is 0 Å². The molecular formula is C13H17FN2O2. The minimum atomic E-state index is -0.388. The second-order valence-electron chi connectivity index (χ2n) is 4.34. The molecule has 0 saturated carbocycles. The molecule has 1 fully saturated rings. The third kappa shape index (κ3) is 2.98. The van der Waals surface area contributed by atoms with Crippen LogP contribution in [0.5, 0.6) is 5.75 Å². The molecule has 0 bridgehead atoms. The molecule has 1 aromatic carbocycles. The first-order chi connectivity index (χ1) is 8.70. The van der Waals surface area contributed by atoms with Crippen LogP contribution in [0.2, 0.25) is 0 Å². The second-order valence-corrected chi connectivity index (χ2v) is 4.34. The Morgan fingerprint density at radius 2 is 2.33 bits per heavy atom. The fourth-order valence-electron chi connectivity index (χ4n) is 2.06. The van der Waals surface area contributed by atoms with Gasteiger partial charge in [-0.3, -0.25) is 4.79 Å². The van der Waals surface area contributed by atoms with Crippen LogP contribution in [0, 0.1) is 5.82 Å². The van der Waals surface area contributed by atoms with Gasteiger partial charge in [-0.1, -0.05) is 6.42 Å². The summed E-state index contributed by atoms with van der Waals surface area (Å²) in [6.45, 7) is 0.860. The standard InChI is InChI=1S/C13H17FN2O2/c1-18-12-8-9(14)5-6-10(12)16-13(17)11-4-2-3-7-15-11/h5-6,8,11,15H,2-4,7H2,1H3,(H,16,17)/t11-/m1/s1. The lowest BCUT2D eigenvalue weighted by atomic mass is 10.0. The molecule has 4 nitrogen and oxygen atoms in total. The minimum absolute atomic E-state index is 0.0976. The van der Waals surface area contributed by atoms with Crippen LogP contribution in [-0.4, -0.2) is 25.6 Å². The van der Waals surface area contributed by atoms with Crippen LogP contribution in [0.15, 0.2) is 18.2 Å². The van der Waals surface area contributed by atoms with Crippen LogP contribution in [0.3, 0.4) is 0 Å². The van der Waals surface area contributed by atoms with E-state index in [0.29, 0.717) is 11.4 Å². The van der Waals surface area contributed by atoms with E-state index in [2.05, 4.69) is 10.6 Å². The largest absolute Gasteiger partial charge is 0.494 e. The average molecular weight is 252 g/mol. The van der Waals surface area contributed by atoms with E-state index in [1.807, 2.05) is 0 Å². The van der Waals surface area contributed by atoms with E-state index in [1.54, 1.807) is 0 Å². The van der Waals surface area contributed by atoms with Crippen molar-refractivity contribution in [3.63, 3.8) is 0 Å². The molecule has 0 spiro atoms. The molecule has 1 aliphatic heterocycles. The number of methoxy groups -OCH3 is 1. The Balaban J connectivity index is 2.06. The molecule has 2 rings (SSSR count). The summed E-state index contributed by atoms with van der Waals surface area (Å²) in [6.07, 6.45) is 2.98. The van der Waals surface area contributed by atoms with E-state index in [4.69, 9.17) is 4.74 Å². The number of ether oxygens (including phenoxy) is 1. The Morgan fingerprint density at radius 1 is 1.50 bits per heavy atom. The van der Waals surface area contributed by atoms with Gasteiger partial charge in [-0.25, -0.2) is 4.39 Å². The molecule has 0 aromatic heterocycles. The normalized spacial score (nSPS) is 19.3. The maximum Gasteiger partial charge on any atom is 0.241 e. The Kier molecular flexibility index (Phi) is 4.15. The van der Waals surface area contributed by atoms with Gasteiger partial charge in [0.1, 0.15) is 11.6 Å². The molecule has 0 radical (unpaired) electrons. The van der Waals surface area contributed by atoms with Gasteiger partial charge in [0.2, 0.25) is 5.91 Å². The lowest BCUT2D eigenvalue weighted by Gasteiger charge is -2.23. The SMILES string of the molecule is COc1cc(F)ccc1NC(=O)[C@H]1CCCCN1. The summed E-state index contributed by atoms with van der Waals surface area (Å²) in [4.78, 5) is 12.0. The molecule has 1 aromatic rings. The number of carbonyl (C=O) groups is 1. The van der Waals surface area contributed by atoms with Crippen molar-refractivity contribution in [2.24, 2.45) is 0 Å². The van der Waals surface area contributed by atoms with Gasteiger partial charge in [0, 0.05) is 6.07 Å². The number of benzene rings is 1. The highest BCUT2D eigenvalue weighted by molar-refractivity contribution is 5.96. The quantitative estimate of drug-likeness (QED) is 0.864. The van der Waals surface area contributed by atoms with Crippen LogP contribution < -0.4 is 15.4 Å². The number of hydrogen-bond donors (Lipinski definition) is 2. The second kappa shape index (κ2) is 5.82. The van der Waals surface area contributed by atoms with E-state index in [1.165, 1.54) is 25.3 Å². The van der Waals surface area contributed by atoms with Crippen molar-refractivity contribution in [3.05, 3.63) is 24.0 Å². The van der Waals surface area contributed by atoms with Gasteiger partial charge in [0.25, 0.3) is 0 Å². The highest BCUT2D eigenvalue weighted by Gasteiger charge is 2.21. The van der Waals surface area contributed by atoms with Crippen LogP contribution in [-0.2, 0) is 4.79 Å². The lowest BCUT2D eigenvalue weighted by Crippen LogP contribution is -2.43. The monoisotopic (exact) mass is 252 g/mol. The molecule has 5 heteroatoms. The van der Waals surface area contributed by atoms with Crippen molar-refractivity contribution in [1.82, 2.24) is 5.32 Å². The van der Waals surface area contributed by atoms with Crippen molar-refractivity contribution in [2.45, 2.75) is 25.3 Å². The Morgan fingerprint density at radius 3 is 3.00 bits per heavy atom. The molecule has 98 valence electrons. The zero-order chi connectivity index (χ0) is 13.0. The van der Waals surface area contributed by atoms with Crippen LogP contribution in [0.25, 0.3) is 0 Å². The van der Waals surface area contributed by atoms with Crippen molar-refractivity contribution >= 4 is 11.6 Å². The Bertz CT molecular complexity index is 431. The van der Waals surface area contributed by atoms with Gasteiger partial charge >= 0.3 is 0 Å². The first kappa shape index (κ1) is 12.8. The highest BCUT2D eigenvalue weighted by atomic mass is 19.1. The summed E-state index contributed by atoms with van der Waals surface area (Å²) in [5, 5.41) is 5.93. The summed E-state index contributed by atoms with van der Waals surface area (Å²) in [5.41, 5.74) is 0.497. The molecular weight excluding hydrogens is 235 g/mol. The third-order valence-corrected chi connectivity index (χ3v) is 3.05. The average Bonchev–Trinajstić information content (AvgIpc) is 2.41. The van der Waals surface area contributed by atoms with Crippen LogP contribution in [0.1, 0.15) is 19.3 Å². The topological polar surface area (TPSA) is 50.4 Å². The van der Waals surface area contributed by atoms with Gasteiger partial charge in [0.15, 0.2) is 0 Å². The number of anilines is 1. The molecule has 1 aliphatic rings. The number of halogens is 1. The smallest absolute Gasteiger partial charge is 0.241 e. The van der Waals surface area contributed by atoms with E-state index in [9.17, 15) is 9.18 Å². The summed E-state index contributed by atoms with van der Waals surface area (Å²) in [5.74, 6) is -0.153. The predicted molar refractivity (Wildman–Crippen MR) is 67.2 cm³/mol. The maximum absolute atomic E-state index is 13.0. The van der Waals surface area contributed by atoms with Crippen LogP contribution >= 0.6 is 0 Å². The zero-order valence-electron chi connectivity index (χ0n) is 10.3. The molecule has 1 saturated heterocycles. The number of carbonyl (C=O) groups excluding carboxylic acids is 1. The molecule has 2 N–H and O–H groups in total. The summed E-state index contributed by atoms with van der Waals surface area (Å²) in [6, 6.07) is 3.89. The van der Waals surface area contributed by atoms with Gasteiger partial charge < -0.3 is 15.4 Å².